The number of thioether (sulfide) groups is 1. The van der Waals surface area contributed by atoms with Crippen LogP contribution in [0.4, 0.5) is 0 Å². The van der Waals surface area contributed by atoms with Crippen molar-refractivity contribution < 1.29 is 4.74 Å². The quantitative estimate of drug-likeness (QED) is 0.409. The Morgan fingerprint density at radius 2 is 1.88 bits per heavy atom. The predicted octanol–water partition coefficient (Wildman–Crippen LogP) is 4.82. The number of ether oxygens (including phenoxy) is 1. The van der Waals surface area contributed by atoms with E-state index in [4.69, 9.17) is 16.3 Å². The van der Waals surface area contributed by atoms with Gasteiger partial charge in [0.2, 0.25) is 0 Å². The van der Waals surface area contributed by atoms with Gasteiger partial charge in [-0.2, -0.15) is 0 Å². The number of rotatable bonds is 8. The Labute approximate surface area is 162 Å². The summed E-state index contributed by atoms with van der Waals surface area (Å²) in [6.07, 6.45) is 3.54. The fourth-order valence-electron chi connectivity index (χ4n) is 2.49. The third-order valence-electron chi connectivity index (χ3n) is 3.61. The van der Waals surface area contributed by atoms with E-state index in [0.717, 1.165) is 28.8 Å². The van der Waals surface area contributed by atoms with Crippen molar-refractivity contribution in [3.63, 3.8) is 0 Å². The van der Waals surface area contributed by atoms with Gasteiger partial charge in [-0.1, -0.05) is 49.3 Å². The molecule has 0 N–H and O–H groups in total. The van der Waals surface area contributed by atoms with Gasteiger partial charge in [-0.25, -0.2) is 0 Å². The number of benzene rings is 1. The Balaban J connectivity index is 1.67. The van der Waals surface area contributed by atoms with E-state index < -0.39 is 0 Å². The van der Waals surface area contributed by atoms with E-state index in [1.54, 1.807) is 24.2 Å². The van der Waals surface area contributed by atoms with Gasteiger partial charge in [0.25, 0.3) is 0 Å². The van der Waals surface area contributed by atoms with Crippen molar-refractivity contribution in [2.75, 3.05) is 12.4 Å². The molecule has 0 unspecified atom stereocenters. The molecule has 7 heteroatoms. The van der Waals surface area contributed by atoms with Gasteiger partial charge in [0.1, 0.15) is 5.75 Å². The van der Waals surface area contributed by atoms with Gasteiger partial charge in [-0.05, 0) is 30.2 Å². The van der Waals surface area contributed by atoms with Crippen LogP contribution in [0, 0.1) is 5.92 Å². The number of para-hydroxylation sites is 1. The lowest BCUT2D eigenvalue weighted by atomic mass is 10.2. The van der Waals surface area contributed by atoms with Crippen molar-refractivity contribution >= 4 is 23.4 Å². The van der Waals surface area contributed by atoms with Crippen LogP contribution in [0.25, 0.3) is 11.4 Å². The van der Waals surface area contributed by atoms with Crippen LogP contribution in [0.1, 0.15) is 13.8 Å². The molecule has 0 saturated carbocycles. The lowest BCUT2D eigenvalue weighted by Gasteiger charge is -2.12. The summed E-state index contributed by atoms with van der Waals surface area (Å²) in [6.45, 7) is 5.78. The van der Waals surface area contributed by atoms with Crippen molar-refractivity contribution in [2.45, 2.75) is 25.5 Å². The number of halogens is 1. The standard InChI is InChI=1S/C19H21ClN4OS/c1-14(2)13-24-18(15-7-9-21-10-8-15)22-23-19(24)26-12-11-25-17-6-4-3-5-16(17)20/h3-10,14H,11-13H2,1-2H3. The van der Waals surface area contributed by atoms with Crippen molar-refractivity contribution in [1.82, 2.24) is 19.7 Å². The van der Waals surface area contributed by atoms with E-state index in [-0.39, 0.29) is 0 Å². The normalized spacial score (nSPS) is 11.1. The van der Waals surface area contributed by atoms with Gasteiger partial charge in [0.05, 0.1) is 11.6 Å². The van der Waals surface area contributed by atoms with Gasteiger partial charge >= 0.3 is 0 Å². The molecule has 0 bridgehead atoms. The SMILES string of the molecule is CC(C)Cn1c(SCCOc2ccccc2Cl)nnc1-c1ccncc1. The van der Waals surface area contributed by atoms with Gasteiger partial charge in [-0.15, -0.1) is 10.2 Å². The van der Waals surface area contributed by atoms with Crippen LogP contribution >= 0.6 is 23.4 Å². The topological polar surface area (TPSA) is 52.8 Å². The maximum Gasteiger partial charge on any atom is 0.191 e. The summed E-state index contributed by atoms with van der Waals surface area (Å²) in [5, 5.41) is 10.3. The van der Waals surface area contributed by atoms with Crippen molar-refractivity contribution in [3.05, 3.63) is 53.8 Å². The Bertz CT molecular complexity index is 839. The molecule has 5 nitrogen and oxygen atoms in total. The smallest absolute Gasteiger partial charge is 0.191 e. The highest BCUT2D eigenvalue weighted by Crippen LogP contribution is 2.26. The highest BCUT2D eigenvalue weighted by atomic mass is 35.5. The van der Waals surface area contributed by atoms with E-state index in [0.29, 0.717) is 23.3 Å². The maximum absolute atomic E-state index is 6.11. The van der Waals surface area contributed by atoms with Crippen molar-refractivity contribution in [1.29, 1.82) is 0 Å². The molecular weight excluding hydrogens is 368 g/mol. The van der Waals surface area contributed by atoms with E-state index in [9.17, 15) is 0 Å². The number of hydrogen-bond acceptors (Lipinski definition) is 5. The highest BCUT2D eigenvalue weighted by molar-refractivity contribution is 7.99. The minimum absolute atomic E-state index is 0.491. The second-order valence-electron chi connectivity index (χ2n) is 6.17. The lowest BCUT2D eigenvalue weighted by Crippen LogP contribution is -2.09. The first-order valence-corrected chi connectivity index (χ1v) is 9.85. The number of pyridine rings is 1. The average Bonchev–Trinajstić information content (AvgIpc) is 3.03. The van der Waals surface area contributed by atoms with Crippen LogP contribution in [0.5, 0.6) is 5.75 Å². The molecule has 0 radical (unpaired) electrons. The summed E-state index contributed by atoms with van der Waals surface area (Å²) in [7, 11) is 0. The van der Waals surface area contributed by atoms with Gasteiger partial charge in [-0.3, -0.25) is 4.98 Å². The minimum Gasteiger partial charge on any atom is -0.491 e. The Morgan fingerprint density at radius 1 is 1.12 bits per heavy atom. The monoisotopic (exact) mass is 388 g/mol. The fourth-order valence-corrected chi connectivity index (χ4v) is 3.44. The maximum atomic E-state index is 6.11. The highest BCUT2D eigenvalue weighted by Gasteiger charge is 2.15. The summed E-state index contributed by atoms with van der Waals surface area (Å²) in [5.41, 5.74) is 1.02. The van der Waals surface area contributed by atoms with Crippen molar-refractivity contribution in [2.24, 2.45) is 5.92 Å². The van der Waals surface area contributed by atoms with Gasteiger partial charge < -0.3 is 9.30 Å². The first kappa shape index (κ1) is 18.7. The lowest BCUT2D eigenvalue weighted by molar-refractivity contribution is 0.344. The Kier molecular flexibility index (Phi) is 6.52. The Morgan fingerprint density at radius 3 is 2.62 bits per heavy atom. The molecule has 136 valence electrons. The summed E-state index contributed by atoms with van der Waals surface area (Å²) >= 11 is 7.75. The van der Waals surface area contributed by atoms with Crippen molar-refractivity contribution in [3.8, 4) is 17.1 Å². The molecule has 0 spiro atoms. The minimum atomic E-state index is 0.491. The molecular formula is C19H21ClN4OS. The summed E-state index contributed by atoms with van der Waals surface area (Å²) in [4.78, 5) is 4.07. The van der Waals surface area contributed by atoms with E-state index in [1.807, 2.05) is 36.4 Å². The largest absolute Gasteiger partial charge is 0.491 e. The molecule has 0 aliphatic heterocycles. The van der Waals surface area contributed by atoms with E-state index in [2.05, 4.69) is 33.6 Å². The van der Waals surface area contributed by atoms with Crippen LogP contribution in [0.15, 0.2) is 53.9 Å². The van der Waals surface area contributed by atoms with E-state index >= 15 is 0 Å². The number of aromatic nitrogens is 4. The first-order chi connectivity index (χ1) is 12.6. The average molecular weight is 389 g/mol. The van der Waals surface area contributed by atoms with Crippen LogP contribution in [-0.4, -0.2) is 32.1 Å². The summed E-state index contributed by atoms with van der Waals surface area (Å²) in [6, 6.07) is 11.4. The van der Waals surface area contributed by atoms with Crippen LogP contribution in [-0.2, 0) is 6.54 Å². The second kappa shape index (κ2) is 9.05. The molecule has 0 saturated heterocycles. The molecule has 0 fully saturated rings. The molecule has 0 aliphatic carbocycles. The molecule has 0 amide bonds. The molecule has 0 atom stereocenters. The first-order valence-electron chi connectivity index (χ1n) is 8.49. The third kappa shape index (κ3) is 4.77. The second-order valence-corrected chi connectivity index (χ2v) is 7.64. The Hall–Kier alpha value is -2.05. The fraction of sp³-hybridized carbons (Fsp3) is 0.316. The number of hydrogen-bond donors (Lipinski definition) is 0. The predicted molar refractivity (Wildman–Crippen MR) is 106 cm³/mol. The zero-order valence-corrected chi connectivity index (χ0v) is 16.4. The van der Waals surface area contributed by atoms with Crippen LogP contribution < -0.4 is 4.74 Å². The van der Waals surface area contributed by atoms with Gasteiger partial charge in [0.15, 0.2) is 11.0 Å². The summed E-state index contributed by atoms with van der Waals surface area (Å²) in [5.74, 6) is 2.83. The molecule has 3 rings (SSSR count). The molecule has 2 heterocycles. The van der Waals surface area contributed by atoms with E-state index in [1.165, 1.54) is 0 Å². The van der Waals surface area contributed by atoms with Crippen LogP contribution in [0.2, 0.25) is 5.02 Å². The molecule has 0 aliphatic rings. The molecule has 3 aromatic rings. The van der Waals surface area contributed by atoms with Crippen LogP contribution in [0.3, 0.4) is 0 Å². The third-order valence-corrected chi connectivity index (χ3v) is 4.86. The zero-order valence-electron chi connectivity index (χ0n) is 14.8. The molecule has 26 heavy (non-hydrogen) atoms. The summed E-state index contributed by atoms with van der Waals surface area (Å²) < 4.78 is 7.92. The molecule has 2 aromatic heterocycles. The zero-order chi connectivity index (χ0) is 18.4. The number of nitrogens with zero attached hydrogens (tertiary/aromatic N) is 4. The van der Waals surface area contributed by atoms with Gasteiger partial charge in [0, 0.05) is 30.3 Å². The molecule has 1 aromatic carbocycles.